The monoisotopic (exact) mass is 468 g/mol. The minimum Gasteiger partial charge on any atom is -0.488 e. The third-order valence-electron chi connectivity index (χ3n) is 5.24. The van der Waals surface area contributed by atoms with Gasteiger partial charge in [0.05, 0.1) is 11.3 Å². The van der Waals surface area contributed by atoms with Crippen molar-refractivity contribution in [3.05, 3.63) is 95.2 Å². The van der Waals surface area contributed by atoms with Gasteiger partial charge in [-0.2, -0.15) is 5.10 Å². The highest BCUT2D eigenvalue weighted by Gasteiger charge is 2.13. The Labute approximate surface area is 201 Å². The van der Waals surface area contributed by atoms with Crippen LogP contribution in [-0.2, 0) is 6.61 Å². The number of ether oxygens (including phenoxy) is 1. The Morgan fingerprint density at radius 2 is 1.77 bits per heavy atom. The zero-order valence-corrected chi connectivity index (χ0v) is 19.0. The van der Waals surface area contributed by atoms with Gasteiger partial charge in [-0.15, -0.1) is 5.10 Å². The molecule has 176 valence electrons. The van der Waals surface area contributed by atoms with Crippen molar-refractivity contribution in [2.24, 2.45) is 21.7 Å². The van der Waals surface area contributed by atoms with Crippen molar-refractivity contribution >= 4 is 40.5 Å². The normalized spacial score (nSPS) is 11.2. The largest absolute Gasteiger partial charge is 0.488 e. The summed E-state index contributed by atoms with van der Waals surface area (Å²) in [6.07, 6.45) is 0.743. The summed E-state index contributed by atoms with van der Waals surface area (Å²) in [5, 5.41) is 11.1. The molecule has 1 amide bonds. The van der Waals surface area contributed by atoms with E-state index in [0.717, 1.165) is 22.8 Å². The Morgan fingerprint density at radius 1 is 1.03 bits per heavy atom. The van der Waals surface area contributed by atoms with Crippen LogP contribution in [0.25, 0.3) is 10.9 Å². The molecule has 9 nitrogen and oxygen atoms in total. The van der Waals surface area contributed by atoms with E-state index in [1.165, 1.54) is 0 Å². The maximum atomic E-state index is 12.8. The SMILES string of the molecule is C/C(=N\N=C(N)N)c1ccc(NC(=O)c2cc3cc(C=O)c(OCc4ccccc4)cc3[nH]2)cc1. The van der Waals surface area contributed by atoms with Gasteiger partial charge in [0.15, 0.2) is 6.29 Å². The number of hydrogen-bond acceptors (Lipinski definition) is 5. The van der Waals surface area contributed by atoms with Gasteiger partial charge in [-0.1, -0.05) is 42.5 Å². The summed E-state index contributed by atoms with van der Waals surface area (Å²) < 4.78 is 5.87. The smallest absolute Gasteiger partial charge is 0.272 e. The number of guanidine groups is 1. The van der Waals surface area contributed by atoms with Crippen LogP contribution in [0.5, 0.6) is 5.75 Å². The molecule has 0 saturated heterocycles. The molecule has 0 spiro atoms. The average molecular weight is 469 g/mol. The van der Waals surface area contributed by atoms with Crippen LogP contribution in [0.1, 0.15) is 38.9 Å². The van der Waals surface area contributed by atoms with Crippen LogP contribution in [0.4, 0.5) is 5.69 Å². The van der Waals surface area contributed by atoms with Gasteiger partial charge >= 0.3 is 0 Å². The lowest BCUT2D eigenvalue weighted by atomic mass is 10.1. The molecule has 6 N–H and O–H groups in total. The third kappa shape index (κ3) is 5.72. The minimum atomic E-state index is -0.320. The van der Waals surface area contributed by atoms with Crippen LogP contribution >= 0.6 is 0 Å². The molecule has 4 aromatic rings. The van der Waals surface area contributed by atoms with Gasteiger partial charge in [-0.3, -0.25) is 9.59 Å². The van der Waals surface area contributed by atoms with E-state index in [9.17, 15) is 9.59 Å². The minimum absolute atomic E-state index is 0.123. The number of hydrogen-bond donors (Lipinski definition) is 4. The Morgan fingerprint density at radius 3 is 2.46 bits per heavy atom. The molecule has 0 aliphatic rings. The van der Waals surface area contributed by atoms with Crippen molar-refractivity contribution in [3.63, 3.8) is 0 Å². The topological polar surface area (TPSA) is 148 Å². The predicted octanol–water partition coefficient (Wildman–Crippen LogP) is 3.81. The van der Waals surface area contributed by atoms with Crippen LogP contribution in [0.2, 0.25) is 0 Å². The maximum absolute atomic E-state index is 12.8. The number of anilines is 1. The van der Waals surface area contributed by atoms with Crippen LogP contribution in [0.15, 0.2) is 83.0 Å². The summed E-state index contributed by atoms with van der Waals surface area (Å²) in [5.74, 6) is -0.000490. The van der Waals surface area contributed by atoms with E-state index in [-0.39, 0.29) is 11.9 Å². The molecule has 4 rings (SSSR count). The molecular formula is C26H24N6O3. The number of nitrogens with zero attached hydrogens (tertiary/aromatic N) is 2. The Balaban J connectivity index is 1.49. The highest BCUT2D eigenvalue weighted by Crippen LogP contribution is 2.27. The van der Waals surface area contributed by atoms with Gasteiger partial charge in [0.1, 0.15) is 18.1 Å². The van der Waals surface area contributed by atoms with Gasteiger partial charge in [-0.05, 0) is 42.3 Å². The Bertz CT molecular complexity index is 1420. The quantitative estimate of drug-likeness (QED) is 0.134. The van der Waals surface area contributed by atoms with Crippen molar-refractivity contribution in [2.75, 3.05) is 5.32 Å². The molecule has 0 fully saturated rings. The summed E-state index contributed by atoms with van der Waals surface area (Å²) >= 11 is 0. The molecule has 3 aromatic carbocycles. The van der Waals surface area contributed by atoms with E-state index in [1.807, 2.05) is 30.3 Å². The van der Waals surface area contributed by atoms with E-state index in [0.29, 0.717) is 40.5 Å². The maximum Gasteiger partial charge on any atom is 0.272 e. The first kappa shape index (κ1) is 23.2. The molecule has 35 heavy (non-hydrogen) atoms. The second-order valence-corrected chi connectivity index (χ2v) is 7.79. The van der Waals surface area contributed by atoms with E-state index in [1.54, 1.807) is 49.4 Å². The van der Waals surface area contributed by atoms with E-state index < -0.39 is 0 Å². The first-order valence-electron chi connectivity index (χ1n) is 10.8. The fourth-order valence-corrected chi connectivity index (χ4v) is 3.44. The third-order valence-corrected chi connectivity index (χ3v) is 5.24. The van der Waals surface area contributed by atoms with Crippen molar-refractivity contribution in [1.29, 1.82) is 0 Å². The number of amides is 1. The number of nitrogens with one attached hydrogen (secondary N) is 2. The molecule has 0 saturated carbocycles. The second-order valence-electron chi connectivity index (χ2n) is 7.79. The number of H-pyrrole nitrogens is 1. The average Bonchev–Trinajstić information content (AvgIpc) is 3.29. The molecule has 0 atom stereocenters. The summed E-state index contributed by atoms with van der Waals surface area (Å²) in [6.45, 7) is 2.10. The fraction of sp³-hybridized carbons (Fsp3) is 0.0769. The number of carbonyl (C=O) groups is 2. The zero-order chi connectivity index (χ0) is 24.8. The van der Waals surface area contributed by atoms with Gasteiger partial charge in [0.2, 0.25) is 5.96 Å². The summed E-state index contributed by atoms with van der Waals surface area (Å²) in [6, 6.07) is 21.9. The molecule has 1 heterocycles. The molecule has 0 radical (unpaired) electrons. The van der Waals surface area contributed by atoms with Gasteiger partial charge < -0.3 is 26.5 Å². The molecule has 0 unspecified atom stereocenters. The molecule has 0 bridgehead atoms. The zero-order valence-electron chi connectivity index (χ0n) is 19.0. The number of nitrogens with two attached hydrogens (primary N) is 2. The standard InChI is InChI=1S/C26H24N6O3/c1-16(31-32-26(27)28)18-7-9-21(10-8-18)29-25(34)23-12-19-11-20(14-33)24(13-22(19)30-23)35-15-17-5-3-2-4-6-17/h2-14,30H,15H2,1H3,(H,29,34)(H4,27,28,32)/b31-16+. The number of rotatable bonds is 8. The molecular weight excluding hydrogens is 444 g/mol. The van der Waals surface area contributed by atoms with E-state index in [4.69, 9.17) is 16.2 Å². The van der Waals surface area contributed by atoms with Gasteiger partial charge in [0.25, 0.3) is 5.91 Å². The first-order valence-corrected chi connectivity index (χ1v) is 10.8. The van der Waals surface area contributed by atoms with Crippen molar-refractivity contribution in [3.8, 4) is 5.75 Å². The van der Waals surface area contributed by atoms with Gasteiger partial charge in [0, 0.05) is 22.7 Å². The molecule has 0 aliphatic heterocycles. The van der Waals surface area contributed by atoms with Crippen molar-refractivity contribution < 1.29 is 14.3 Å². The highest BCUT2D eigenvalue weighted by molar-refractivity contribution is 6.07. The van der Waals surface area contributed by atoms with Crippen LogP contribution < -0.4 is 21.5 Å². The Kier molecular flexibility index (Phi) is 6.87. The van der Waals surface area contributed by atoms with Gasteiger partial charge in [-0.25, -0.2) is 0 Å². The second kappa shape index (κ2) is 10.3. The van der Waals surface area contributed by atoms with Crippen LogP contribution in [0, 0.1) is 0 Å². The summed E-state index contributed by atoms with van der Waals surface area (Å²) in [4.78, 5) is 27.5. The number of carbonyl (C=O) groups excluding carboxylic acids is 2. The van der Waals surface area contributed by atoms with E-state index >= 15 is 0 Å². The molecule has 9 heteroatoms. The fourth-order valence-electron chi connectivity index (χ4n) is 3.44. The number of benzene rings is 3. The number of aromatic amines is 1. The van der Waals surface area contributed by atoms with Crippen LogP contribution in [0.3, 0.4) is 0 Å². The number of aldehydes is 1. The number of aromatic nitrogens is 1. The summed E-state index contributed by atoms with van der Waals surface area (Å²) in [5.41, 5.74) is 15.1. The first-order chi connectivity index (χ1) is 16.9. The van der Waals surface area contributed by atoms with E-state index in [2.05, 4.69) is 20.5 Å². The number of fused-ring (bicyclic) bond motifs is 1. The Hall–Kier alpha value is -4.92. The predicted molar refractivity (Wildman–Crippen MR) is 137 cm³/mol. The molecule has 0 aliphatic carbocycles. The lowest BCUT2D eigenvalue weighted by Gasteiger charge is -2.09. The van der Waals surface area contributed by atoms with Crippen molar-refractivity contribution in [1.82, 2.24) is 4.98 Å². The summed E-state index contributed by atoms with van der Waals surface area (Å²) in [7, 11) is 0. The lowest BCUT2D eigenvalue weighted by Crippen LogP contribution is -2.22. The van der Waals surface area contributed by atoms with Crippen LogP contribution in [-0.4, -0.2) is 28.8 Å². The molecule has 1 aromatic heterocycles. The highest BCUT2D eigenvalue weighted by atomic mass is 16.5. The lowest BCUT2D eigenvalue weighted by molar-refractivity contribution is 0.102. The van der Waals surface area contributed by atoms with Crippen molar-refractivity contribution in [2.45, 2.75) is 13.5 Å².